The molecule has 0 bridgehead atoms. The van der Waals surface area contributed by atoms with Crippen molar-refractivity contribution in [2.24, 2.45) is 0 Å². The van der Waals surface area contributed by atoms with Crippen LogP contribution in [-0.4, -0.2) is 96.6 Å². The van der Waals surface area contributed by atoms with E-state index in [1.165, 1.54) is 11.1 Å². The number of hydrogen-bond acceptors (Lipinski definition) is 10. The molecule has 284 valence electrons. The summed E-state index contributed by atoms with van der Waals surface area (Å²) >= 11 is 0. The summed E-state index contributed by atoms with van der Waals surface area (Å²) in [6.45, 7) is 12.6. The zero-order valence-corrected chi connectivity index (χ0v) is 31.1. The zero-order valence-electron chi connectivity index (χ0n) is 31.1. The lowest BCUT2D eigenvalue weighted by atomic mass is 9.69. The molecule has 0 aliphatic carbocycles. The first-order chi connectivity index (χ1) is 26.3. The second-order valence-electron chi connectivity index (χ2n) is 15.4. The van der Waals surface area contributed by atoms with Gasteiger partial charge in [-0.3, -0.25) is 0 Å². The van der Waals surface area contributed by atoms with Crippen LogP contribution < -0.4 is 23.7 Å². The SMILES string of the molecule is CC(C)(c1ccc(OCC2CO2)cc1)c1ccc(C(C)(c2cccc(OCC3CO3)c2OCC2CO2)c2cccc(OCC3CO3)c2OCC2CO2)cc1. The van der Waals surface area contributed by atoms with Crippen LogP contribution in [0.1, 0.15) is 48.6 Å². The zero-order chi connectivity index (χ0) is 36.7. The molecule has 10 nitrogen and oxygen atoms in total. The third-order valence-electron chi connectivity index (χ3n) is 10.9. The second-order valence-corrected chi connectivity index (χ2v) is 15.4. The van der Waals surface area contributed by atoms with Crippen LogP contribution in [0.15, 0.2) is 84.9 Å². The number of benzene rings is 4. The van der Waals surface area contributed by atoms with Crippen molar-refractivity contribution in [2.45, 2.75) is 62.1 Å². The van der Waals surface area contributed by atoms with Crippen molar-refractivity contribution in [1.82, 2.24) is 0 Å². The minimum atomic E-state index is -0.794. The first kappa shape index (κ1) is 35.4. The molecule has 5 heterocycles. The molecule has 10 heteroatoms. The standard InChI is InChI=1S/C44H48O10/c1-43(2,29-14-16-31(17-15-29)45-18-32-19-46-32)28-10-12-30(13-11-28)44(3,37-6-4-8-39(51-24-33-20-47-33)41(37)53-26-35-22-49-35)38-7-5-9-40(52-25-34-21-48-34)42(38)54-27-36-23-50-36/h4-17,32-36H,18-27H2,1-3H3. The minimum Gasteiger partial charge on any atom is -0.491 e. The third-order valence-corrected chi connectivity index (χ3v) is 10.9. The molecule has 0 spiro atoms. The Balaban J connectivity index is 1.12. The van der Waals surface area contributed by atoms with Crippen molar-refractivity contribution in [2.75, 3.05) is 66.1 Å². The lowest BCUT2D eigenvalue weighted by molar-refractivity contribution is 0.222. The van der Waals surface area contributed by atoms with Gasteiger partial charge in [-0.25, -0.2) is 0 Å². The smallest absolute Gasteiger partial charge is 0.165 e. The normalized spacial score (nSPS) is 24.5. The molecule has 5 atom stereocenters. The average Bonchev–Trinajstić information content (AvgIpc) is 4.00. The number of para-hydroxylation sites is 2. The highest BCUT2D eigenvalue weighted by atomic mass is 16.6. The molecule has 5 aliphatic heterocycles. The first-order valence-corrected chi connectivity index (χ1v) is 19.0. The lowest BCUT2D eigenvalue weighted by Crippen LogP contribution is -2.29. The Morgan fingerprint density at radius 2 is 0.796 bits per heavy atom. The van der Waals surface area contributed by atoms with Crippen LogP contribution >= 0.6 is 0 Å². The maximum Gasteiger partial charge on any atom is 0.165 e. The summed E-state index contributed by atoms with van der Waals surface area (Å²) in [6, 6.07) is 29.5. The molecule has 9 rings (SSSR count). The average molecular weight is 737 g/mol. The Labute approximate surface area is 316 Å². The minimum absolute atomic E-state index is 0.0529. The Kier molecular flexibility index (Phi) is 9.65. The van der Waals surface area contributed by atoms with Crippen LogP contribution in [0, 0.1) is 0 Å². The molecule has 4 aromatic rings. The maximum atomic E-state index is 6.66. The summed E-state index contributed by atoms with van der Waals surface area (Å²) < 4.78 is 59.5. The van der Waals surface area contributed by atoms with Gasteiger partial charge in [-0.2, -0.15) is 0 Å². The highest BCUT2D eigenvalue weighted by Gasteiger charge is 2.41. The van der Waals surface area contributed by atoms with Crippen LogP contribution in [0.25, 0.3) is 0 Å². The Bertz CT molecular complexity index is 1830. The molecule has 54 heavy (non-hydrogen) atoms. The van der Waals surface area contributed by atoms with Gasteiger partial charge in [0, 0.05) is 22.0 Å². The van der Waals surface area contributed by atoms with Crippen LogP contribution in [0.3, 0.4) is 0 Å². The van der Waals surface area contributed by atoms with E-state index in [-0.39, 0.29) is 35.9 Å². The number of rotatable bonds is 20. The summed E-state index contributed by atoms with van der Waals surface area (Å²) in [7, 11) is 0. The van der Waals surface area contributed by atoms with Crippen molar-refractivity contribution in [3.05, 3.63) is 113 Å². The fourth-order valence-electron chi connectivity index (χ4n) is 6.88. The fraction of sp³-hybridized carbons (Fsp3) is 0.455. The Hall–Kier alpha value is -4.32. The van der Waals surface area contributed by atoms with Gasteiger partial charge in [-0.05, 0) is 47.9 Å². The number of hydrogen-bond donors (Lipinski definition) is 0. The molecule has 0 amide bonds. The van der Waals surface area contributed by atoms with Gasteiger partial charge >= 0.3 is 0 Å². The van der Waals surface area contributed by atoms with Crippen LogP contribution in [0.2, 0.25) is 0 Å². The summed E-state index contributed by atoms with van der Waals surface area (Å²) in [5.74, 6) is 3.52. The molecule has 4 aromatic carbocycles. The first-order valence-electron chi connectivity index (χ1n) is 19.0. The van der Waals surface area contributed by atoms with E-state index in [1.807, 2.05) is 36.4 Å². The van der Waals surface area contributed by atoms with Gasteiger partial charge in [0.05, 0.1) is 33.0 Å². The molecule has 5 aliphatic rings. The monoisotopic (exact) mass is 736 g/mol. The lowest BCUT2D eigenvalue weighted by Gasteiger charge is -2.36. The van der Waals surface area contributed by atoms with Gasteiger partial charge in [0.15, 0.2) is 23.0 Å². The topological polar surface area (TPSA) is 109 Å². The second kappa shape index (κ2) is 14.7. The van der Waals surface area contributed by atoms with Gasteiger partial charge in [0.25, 0.3) is 0 Å². The van der Waals surface area contributed by atoms with Crippen molar-refractivity contribution >= 4 is 0 Å². The third kappa shape index (κ3) is 8.04. The van der Waals surface area contributed by atoms with Gasteiger partial charge in [0.1, 0.15) is 69.3 Å². The predicted molar refractivity (Wildman–Crippen MR) is 200 cm³/mol. The predicted octanol–water partition coefficient (Wildman–Crippen LogP) is 6.25. The number of ether oxygens (including phenoxy) is 10. The Morgan fingerprint density at radius 3 is 1.20 bits per heavy atom. The summed E-state index contributed by atoms with van der Waals surface area (Å²) in [6.07, 6.45) is 0.500. The summed E-state index contributed by atoms with van der Waals surface area (Å²) in [5.41, 5.74) is 4.23. The van der Waals surface area contributed by atoms with E-state index in [1.54, 1.807) is 0 Å². The van der Waals surface area contributed by atoms with Crippen molar-refractivity contribution in [3.63, 3.8) is 0 Å². The van der Waals surface area contributed by atoms with Gasteiger partial charge in [-0.1, -0.05) is 74.5 Å². The van der Waals surface area contributed by atoms with E-state index in [9.17, 15) is 0 Å². The van der Waals surface area contributed by atoms with E-state index in [0.717, 1.165) is 29.0 Å². The van der Waals surface area contributed by atoms with E-state index in [0.29, 0.717) is 82.5 Å². The van der Waals surface area contributed by atoms with Crippen molar-refractivity contribution in [3.8, 4) is 28.7 Å². The molecule has 0 aromatic heterocycles. The summed E-state index contributed by atoms with van der Waals surface area (Å²) in [5, 5.41) is 0. The van der Waals surface area contributed by atoms with Gasteiger partial charge < -0.3 is 47.4 Å². The highest BCUT2D eigenvalue weighted by molar-refractivity contribution is 5.64. The van der Waals surface area contributed by atoms with E-state index >= 15 is 0 Å². The van der Waals surface area contributed by atoms with Crippen LogP contribution in [0.5, 0.6) is 28.7 Å². The molecule has 5 unspecified atom stereocenters. The highest BCUT2D eigenvalue weighted by Crippen LogP contribution is 2.51. The van der Waals surface area contributed by atoms with Gasteiger partial charge in [-0.15, -0.1) is 0 Å². The van der Waals surface area contributed by atoms with E-state index < -0.39 is 5.41 Å². The van der Waals surface area contributed by atoms with E-state index in [4.69, 9.17) is 47.4 Å². The molecular formula is C44H48O10. The molecule has 5 fully saturated rings. The van der Waals surface area contributed by atoms with Crippen molar-refractivity contribution in [1.29, 1.82) is 0 Å². The molecule has 5 saturated heterocycles. The quantitative estimate of drug-likeness (QED) is 0.0763. The van der Waals surface area contributed by atoms with Crippen molar-refractivity contribution < 1.29 is 47.4 Å². The molecule has 0 N–H and O–H groups in total. The van der Waals surface area contributed by atoms with E-state index in [2.05, 4.69) is 69.3 Å². The number of epoxide rings is 5. The fourth-order valence-corrected chi connectivity index (χ4v) is 6.88. The van der Waals surface area contributed by atoms with Gasteiger partial charge in [0.2, 0.25) is 0 Å². The molecule has 0 radical (unpaired) electrons. The Morgan fingerprint density at radius 1 is 0.444 bits per heavy atom. The molecule has 0 saturated carbocycles. The van der Waals surface area contributed by atoms with Crippen LogP contribution in [-0.2, 0) is 34.5 Å². The van der Waals surface area contributed by atoms with Crippen LogP contribution in [0.4, 0.5) is 0 Å². The largest absolute Gasteiger partial charge is 0.491 e. The molecular weight excluding hydrogens is 688 g/mol. The summed E-state index contributed by atoms with van der Waals surface area (Å²) in [4.78, 5) is 0. The maximum absolute atomic E-state index is 6.66.